The highest BCUT2D eigenvalue weighted by molar-refractivity contribution is 5.90. The number of aromatic amines is 1. The van der Waals surface area contributed by atoms with E-state index in [4.69, 9.17) is 4.74 Å². The fourth-order valence-electron chi connectivity index (χ4n) is 3.81. The number of nitrogens with zero attached hydrogens (tertiary/aromatic N) is 2. The second-order valence-electron chi connectivity index (χ2n) is 5.75. The van der Waals surface area contributed by atoms with Crippen molar-refractivity contribution in [1.82, 2.24) is 14.9 Å². The number of piperidine rings is 1. The van der Waals surface area contributed by atoms with Crippen LogP contribution in [0.5, 0.6) is 0 Å². The molecular weight excluding hydrogens is 242 g/mol. The molecule has 1 amide bonds. The van der Waals surface area contributed by atoms with E-state index in [1.54, 1.807) is 19.5 Å². The molecule has 1 aliphatic heterocycles. The van der Waals surface area contributed by atoms with E-state index in [2.05, 4.69) is 9.97 Å². The first kappa shape index (κ1) is 12.7. The Morgan fingerprint density at radius 2 is 2.37 bits per heavy atom. The molecule has 5 heteroatoms. The maximum atomic E-state index is 12.4. The molecule has 0 bridgehead atoms. The molecule has 2 aliphatic rings. The third-order valence-corrected chi connectivity index (χ3v) is 4.70. The van der Waals surface area contributed by atoms with E-state index < -0.39 is 0 Å². The Bertz CT molecular complexity index is 446. The van der Waals surface area contributed by atoms with Gasteiger partial charge in [0.25, 0.3) is 5.91 Å². The average Bonchev–Trinajstić information content (AvgIpc) is 3.08. The van der Waals surface area contributed by atoms with Crippen LogP contribution in [0.4, 0.5) is 0 Å². The van der Waals surface area contributed by atoms with Gasteiger partial charge < -0.3 is 14.6 Å². The molecule has 1 spiro atoms. The summed E-state index contributed by atoms with van der Waals surface area (Å²) in [6.07, 6.45) is 9.37. The van der Waals surface area contributed by atoms with E-state index in [-0.39, 0.29) is 11.3 Å². The van der Waals surface area contributed by atoms with E-state index >= 15 is 0 Å². The Kier molecular flexibility index (Phi) is 3.31. The van der Waals surface area contributed by atoms with Gasteiger partial charge in [-0.25, -0.2) is 4.98 Å². The van der Waals surface area contributed by atoms with Gasteiger partial charge in [0, 0.05) is 38.0 Å². The number of H-pyrrole nitrogens is 1. The Morgan fingerprint density at radius 3 is 3.11 bits per heavy atom. The number of carbonyl (C=O) groups is 1. The lowest BCUT2D eigenvalue weighted by Crippen LogP contribution is -2.50. The minimum atomic E-state index is 0.0193. The van der Waals surface area contributed by atoms with Crippen molar-refractivity contribution in [2.75, 3.05) is 20.2 Å². The molecule has 0 aromatic carbocycles. The van der Waals surface area contributed by atoms with Crippen LogP contribution in [0.2, 0.25) is 0 Å². The Hall–Kier alpha value is -1.36. The second-order valence-corrected chi connectivity index (χ2v) is 5.75. The van der Waals surface area contributed by atoms with Crippen molar-refractivity contribution >= 4 is 5.91 Å². The zero-order valence-corrected chi connectivity index (χ0v) is 11.4. The number of carbonyl (C=O) groups excluding carboxylic acids is 1. The van der Waals surface area contributed by atoms with Gasteiger partial charge in [0.2, 0.25) is 0 Å². The molecule has 5 nitrogen and oxygen atoms in total. The number of aromatic nitrogens is 2. The summed E-state index contributed by atoms with van der Waals surface area (Å²) in [6.45, 7) is 1.64. The molecule has 1 N–H and O–H groups in total. The van der Waals surface area contributed by atoms with E-state index in [1.165, 1.54) is 19.3 Å². The van der Waals surface area contributed by atoms with Crippen molar-refractivity contribution in [1.29, 1.82) is 0 Å². The van der Waals surface area contributed by atoms with Crippen molar-refractivity contribution in [3.63, 3.8) is 0 Å². The summed E-state index contributed by atoms with van der Waals surface area (Å²) >= 11 is 0. The van der Waals surface area contributed by atoms with Gasteiger partial charge in [0.15, 0.2) is 5.82 Å². The van der Waals surface area contributed by atoms with Gasteiger partial charge >= 0.3 is 0 Å². The summed E-state index contributed by atoms with van der Waals surface area (Å²) < 4.78 is 5.66. The predicted molar refractivity (Wildman–Crippen MR) is 70.8 cm³/mol. The zero-order chi connectivity index (χ0) is 13.3. The third-order valence-electron chi connectivity index (χ3n) is 4.70. The van der Waals surface area contributed by atoms with Crippen LogP contribution >= 0.6 is 0 Å². The number of nitrogens with one attached hydrogen (secondary N) is 1. The minimum Gasteiger partial charge on any atom is -0.381 e. The quantitative estimate of drug-likeness (QED) is 0.885. The molecule has 2 heterocycles. The normalized spacial score (nSPS) is 31.0. The van der Waals surface area contributed by atoms with Gasteiger partial charge in [-0.05, 0) is 25.7 Å². The van der Waals surface area contributed by atoms with Crippen LogP contribution in [-0.2, 0) is 4.74 Å². The van der Waals surface area contributed by atoms with Gasteiger partial charge in [-0.2, -0.15) is 0 Å². The molecule has 1 aromatic rings. The first-order valence-electron chi connectivity index (χ1n) is 7.07. The lowest BCUT2D eigenvalue weighted by Gasteiger charge is -2.43. The predicted octanol–water partition coefficient (Wildman–Crippen LogP) is 1.83. The SMILES string of the molecule is CO[C@@H]1CCC[C@]12CCCN(C(=O)c1ncc[nH]1)C2. The Morgan fingerprint density at radius 1 is 1.53 bits per heavy atom. The van der Waals surface area contributed by atoms with E-state index in [0.717, 1.165) is 25.9 Å². The summed E-state index contributed by atoms with van der Waals surface area (Å²) in [5.41, 5.74) is 0.176. The van der Waals surface area contributed by atoms with Crippen molar-refractivity contribution in [3.05, 3.63) is 18.2 Å². The van der Waals surface area contributed by atoms with Gasteiger partial charge in [-0.1, -0.05) is 6.42 Å². The van der Waals surface area contributed by atoms with Crippen molar-refractivity contribution in [2.24, 2.45) is 5.41 Å². The lowest BCUT2D eigenvalue weighted by atomic mass is 9.76. The maximum Gasteiger partial charge on any atom is 0.289 e. The highest BCUT2D eigenvalue weighted by atomic mass is 16.5. The molecule has 2 atom stereocenters. The fourth-order valence-corrected chi connectivity index (χ4v) is 3.81. The third kappa shape index (κ3) is 2.16. The topological polar surface area (TPSA) is 58.2 Å². The zero-order valence-electron chi connectivity index (χ0n) is 11.4. The Balaban J connectivity index is 1.76. The summed E-state index contributed by atoms with van der Waals surface area (Å²) in [6, 6.07) is 0. The molecular formula is C14H21N3O2. The average molecular weight is 263 g/mol. The monoisotopic (exact) mass is 263 g/mol. The molecule has 0 unspecified atom stereocenters. The minimum absolute atomic E-state index is 0.0193. The Labute approximate surface area is 113 Å². The molecule has 0 radical (unpaired) electrons. The number of hydrogen-bond donors (Lipinski definition) is 1. The number of rotatable bonds is 2. The maximum absolute atomic E-state index is 12.4. The fraction of sp³-hybridized carbons (Fsp3) is 0.714. The van der Waals surface area contributed by atoms with Gasteiger partial charge in [0.1, 0.15) is 0 Å². The van der Waals surface area contributed by atoms with E-state index in [0.29, 0.717) is 11.9 Å². The second kappa shape index (κ2) is 4.96. The molecule has 19 heavy (non-hydrogen) atoms. The largest absolute Gasteiger partial charge is 0.381 e. The van der Waals surface area contributed by atoms with Gasteiger partial charge in [0.05, 0.1) is 6.10 Å². The number of likely N-dealkylation sites (tertiary alicyclic amines) is 1. The van der Waals surface area contributed by atoms with E-state index in [9.17, 15) is 4.79 Å². The summed E-state index contributed by atoms with van der Waals surface area (Å²) in [7, 11) is 1.80. The molecule has 1 aromatic heterocycles. The summed E-state index contributed by atoms with van der Waals surface area (Å²) in [4.78, 5) is 21.3. The number of imidazole rings is 1. The summed E-state index contributed by atoms with van der Waals surface area (Å²) in [5.74, 6) is 0.467. The number of ether oxygens (including phenoxy) is 1. The molecule has 1 aliphatic carbocycles. The smallest absolute Gasteiger partial charge is 0.289 e. The van der Waals surface area contributed by atoms with Crippen LogP contribution in [0.3, 0.4) is 0 Å². The van der Waals surface area contributed by atoms with Crippen LogP contribution in [0.15, 0.2) is 12.4 Å². The molecule has 104 valence electrons. The van der Waals surface area contributed by atoms with Crippen molar-refractivity contribution in [2.45, 2.75) is 38.2 Å². The first-order valence-corrected chi connectivity index (χ1v) is 7.07. The number of hydrogen-bond acceptors (Lipinski definition) is 3. The number of methoxy groups -OCH3 is 1. The van der Waals surface area contributed by atoms with Gasteiger partial charge in [-0.15, -0.1) is 0 Å². The molecule has 1 saturated carbocycles. The van der Waals surface area contributed by atoms with Crippen molar-refractivity contribution < 1.29 is 9.53 Å². The van der Waals surface area contributed by atoms with Crippen LogP contribution in [0, 0.1) is 5.41 Å². The van der Waals surface area contributed by atoms with Crippen LogP contribution < -0.4 is 0 Å². The highest BCUT2D eigenvalue weighted by Gasteiger charge is 2.46. The highest BCUT2D eigenvalue weighted by Crippen LogP contribution is 2.46. The van der Waals surface area contributed by atoms with Gasteiger partial charge in [-0.3, -0.25) is 4.79 Å². The standard InChI is InChI=1S/C14H21N3O2/c1-19-11-4-2-5-14(11)6-3-9-17(10-14)13(18)12-15-7-8-16-12/h7-8,11H,2-6,9-10H2,1H3,(H,15,16)/t11-,14-/m1/s1. The lowest BCUT2D eigenvalue weighted by molar-refractivity contribution is -0.0297. The summed E-state index contributed by atoms with van der Waals surface area (Å²) in [5, 5.41) is 0. The number of amides is 1. The molecule has 2 fully saturated rings. The molecule has 3 rings (SSSR count). The molecule has 1 saturated heterocycles. The van der Waals surface area contributed by atoms with Crippen molar-refractivity contribution in [3.8, 4) is 0 Å². The van der Waals surface area contributed by atoms with Crippen LogP contribution in [0.1, 0.15) is 42.7 Å². The van der Waals surface area contributed by atoms with Crippen LogP contribution in [0.25, 0.3) is 0 Å². The van der Waals surface area contributed by atoms with Crippen LogP contribution in [-0.4, -0.2) is 47.1 Å². The van der Waals surface area contributed by atoms with E-state index in [1.807, 2.05) is 4.90 Å². The first-order chi connectivity index (χ1) is 9.25.